The van der Waals surface area contributed by atoms with Crippen LogP contribution in [0.3, 0.4) is 0 Å². The highest BCUT2D eigenvalue weighted by atomic mass is 15.2. The number of nitrogens with one attached hydrogen (secondary N) is 1. The zero-order chi connectivity index (χ0) is 19.1. The third kappa shape index (κ3) is 5.69. The monoisotopic (exact) mass is 362 g/mol. The van der Waals surface area contributed by atoms with Gasteiger partial charge in [-0.05, 0) is 50.5 Å². The molecule has 2 unspecified atom stereocenters. The van der Waals surface area contributed by atoms with Gasteiger partial charge in [0.1, 0.15) is 5.84 Å². The van der Waals surface area contributed by atoms with Crippen molar-refractivity contribution in [1.82, 2.24) is 4.90 Å². The number of benzene rings is 2. The number of hydrogen-bond donors (Lipinski definition) is 2. The molecule has 0 spiro atoms. The summed E-state index contributed by atoms with van der Waals surface area (Å²) in [4.78, 5) is 7.32. The molecule has 0 aromatic heterocycles. The van der Waals surface area contributed by atoms with E-state index < -0.39 is 0 Å². The Bertz CT molecular complexity index is 742. The number of aliphatic imine (C=N–C) groups is 1. The standard InChI is InChI=1S/C23H30N4/c1-18-15-22(16-19(2)27(18)17-20-9-5-3-6-10-20)26-23(24)13-14-25-21-11-7-4-8-12-21/h3-14,18-19,22,25H,15-17H2,1-2H3,(H2,24,26)/b14-13-. The molecular formula is C23H30N4. The Morgan fingerprint density at radius 2 is 1.63 bits per heavy atom. The van der Waals surface area contributed by atoms with E-state index in [0.717, 1.165) is 25.1 Å². The fourth-order valence-electron chi connectivity index (χ4n) is 3.81. The van der Waals surface area contributed by atoms with E-state index in [-0.39, 0.29) is 6.04 Å². The van der Waals surface area contributed by atoms with Gasteiger partial charge in [0.2, 0.25) is 0 Å². The van der Waals surface area contributed by atoms with Crippen molar-refractivity contribution in [2.45, 2.75) is 51.4 Å². The first-order valence-electron chi connectivity index (χ1n) is 9.73. The summed E-state index contributed by atoms with van der Waals surface area (Å²) in [5.41, 5.74) is 8.54. The molecule has 0 aliphatic carbocycles. The number of likely N-dealkylation sites (tertiary alicyclic amines) is 1. The highest BCUT2D eigenvalue weighted by molar-refractivity contribution is 5.91. The highest BCUT2D eigenvalue weighted by Gasteiger charge is 2.30. The molecule has 1 aliphatic rings. The van der Waals surface area contributed by atoms with Crippen molar-refractivity contribution < 1.29 is 0 Å². The summed E-state index contributed by atoms with van der Waals surface area (Å²) in [6.07, 6.45) is 5.78. The van der Waals surface area contributed by atoms with Gasteiger partial charge in [0.05, 0.1) is 6.04 Å². The van der Waals surface area contributed by atoms with Gasteiger partial charge < -0.3 is 11.1 Å². The summed E-state index contributed by atoms with van der Waals surface area (Å²) >= 11 is 0. The van der Waals surface area contributed by atoms with Gasteiger partial charge in [-0.3, -0.25) is 9.89 Å². The average molecular weight is 363 g/mol. The van der Waals surface area contributed by atoms with Gasteiger partial charge in [-0.25, -0.2) is 0 Å². The molecule has 1 aliphatic heterocycles. The molecule has 0 bridgehead atoms. The van der Waals surface area contributed by atoms with E-state index in [1.807, 2.05) is 42.6 Å². The molecule has 3 rings (SSSR count). The second-order valence-corrected chi connectivity index (χ2v) is 7.38. The van der Waals surface area contributed by atoms with Crippen LogP contribution in [0.15, 0.2) is 77.9 Å². The number of rotatable bonds is 6. The van der Waals surface area contributed by atoms with Crippen LogP contribution in [0.4, 0.5) is 5.69 Å². The minimum Gasteiger partial charge on any atom is -0.384 e. The molecule has 3 N–H and O–H groups in total. The number of anilines is 1. The molecule has 0 amide bonds. The fourth-order valence-corrected chi connectivity index (χ4v) is 3.81. The zero-order valence-corrected chi connectivity index (χ0v) is 16.3. The van der Waals surface area contributed by atoms with E-state index in [1.165, 1.54) is 5.56 Å². The SMILES string of the molecule is CC1CC(N=C(N)/C=C\Nc2ccccc2)CC(C)N1Cc1ccccc1. The molecule has 2 atom stereocenters. The Balaban J connectivity index is 1.55. The number of nitrogens with zero attached hydrogens (tertiary/aromatic N) is 2. The van der Waals surface area contributed by atoms with Gasteiger partial charge >= 0.3 is 0 Å². The van der Waals surface area contributed by atoms with E-state index in [4.69, 9.17) is 10.7 Å². The molecule has 27 heavy (non-hydrogen) atoms. The van der Waals surface area contributed by atoms with Crippen molar-refractivity contribution in [3.63, 3.8) is 0 Å². The third-order valence-electron chi connectivity index (χ3n) is 5.18. The molecule has 0 radical (unpaired) electrons. The van der Waals surface area contributed by atoms with Gasteiger partial charge in [-0.15, -0.1) is 0 Å². The molecule has 142 valence electrons. The maximum atomic E-state index is 6.13. The Kier molecular flexibility index (Phi) is 6.66. The maximum Gasteiger partial charge on any atom is 0.119 e. The van der Waals surface area contributed by atoms with Crippen LogP contribution in [0.25, 0.3) is 0 Å². The minimum atomic E-state index is 0.281. The quantitative estimate of drug-likeness (QED) is 0.591. The van der Waals surface area contributed by atoms with Gasteiger partial charge in [0.25, 0.3) is 0 Å². The van der Waals surface area contributed by atoms with Crippen LogP contribution < -0.4 is 11.1 Å². The van der Waals surface area contributed by atoms with E-state index >= 15 is 0 Å². The Labute approximate surface area is 162 Å². The van der Waals surface area contributed by atoms with Crippen LogP contribution in [-0.4, -0.2) is 28.9 Å². The van der Waals surface area contributed by atoms with Crippen molar-refractivity contribution in [3.8, 4) is 0 Å². The molecule has 1 heterocycles. The zero-order valence-electron chi connectivity index (χ0n) is 16.3. The van der Waals surface area contributed by atoms with Crippen LogP contribution in [-0.2, 0) is 6.54 Å². The van der Waals surface area contributed by atoms with Crippen LogP contribution in [0.5, 0.6) is 0 Å². The number of hydrogen-bond acceptors (Lipinski definition) is 3. The lowest BCUT2D eigenvalue weighted by Gasteiger charge is -2.41. The van der Waals surface area contributed by atoms with Crippen LogP contribution in [0.1, 0.15) is 32.3 Å². The first-order valence-corrected chi connectivity index (χ1v) is 9.73. The number of para-hydroxylation sites is 1. The molecule has 1 saturated heterocycles. The summed E-state index contributed by atoms with van der Waals surface area (Å²) < 4.78 is 0. The molecule has 4 heteroatoms. The second kappa shape index (κ2) is 9.38. The highest BCUT2D eigenvalue weighted by Crippen LogP contribution is 2.27. The van der Waals surface area contributed by atoms with Crippen molar-refractivity contribution in [3.05, 3.63) is 78.5 Å². The topological polar surface area (TPSA) is 53.6 Å². The van der Waals surface area contributed by atoms with E-state index in [2.05, 4.69) is 54.4 Å². The predicted octanol–water partition coefficient (Wildman–Crippen LogP) is 4.41. The third-order valence-corrected chi connectivity index (χ3v) is 5.18. The van der Waals surface area contributed by atoms with Gasteiger partial charge in [0, 0.05) is 30.5 Å². The van der Waals surface area contributed by atoms with Crippen LogP contribution in [0, 0.1) is 0 Å². The van der Waals surface area contributed by atoms with Crippen molar-refractivity contribution in [2.24, 2.45) is 10.7 Å². The summed E-state index contributed by atoms with van der Waals surface area (Å²) in [6.45, 7) is 5.59. The Morgan fingerprint density at radius 1 is 1.04 bits per heavy atom. The summed E-state index contributed by atoms with van der Waals surface area (Å²) in [7, 11) is 0. The van der Waals surface area contributed by atoms with Gasteiger partial charge in [-0.1, -0.05) is 48.5 Å². The van der Waals surface area contributed by atoms with Crippen molar-refractivity contribution in [2.75, 3.05) is 5.32 Å². The first-order chi connectivity index (χ1) is 13.1. The lowest BCUT2D eigenvalue weighted by atomic mass is 9.92. The van der Waals surface area contributed by atoms with E-state index in [0.29, 0.717) is 17.9 Å². The van der Waals surface area contributed by atoms with Crippen LogP contribution in [0.2, 0.25) is 0 Å². The minimum absolute atomic E-state index is 0.281. The molecule has 1 fully saturated rings. The molecule has 4 nitrogen and oxygen atoms in total. The second-order valence-electron chi connectivity index (χ2n) is 7.38. The summed E-state index contributed by atoms with van der Waals surface area (Å²) in [5, 5.41) is 3.22. The molecule has 0 saturated carbocycles. The average Bonchev–Trinajstić information content (AvgIpc) is 2.66. The largest absolute Gasteiger partial charge is 0.384 e. The van der Waals surface area contributed by atoms with E-state index in [9.17, 15) is 0 Å². The Hall–Kier alpha value is -2.59. The van der Waals surface area contributed by atoms with E-state index in [1.54, 1.807) is 0 Å². The maximum absolute atomic E-state index is 6.13. The smallest absolute Gasteiger partial charge is 0.119 e. The lowest BCUT2D eigenvalue weighted by Crippen LogP contribution is -2.47. The molecular weight excluding hydrogens is 332 g/mol. The predicted molar refractivity (Wildman–Crippen MR) is 115 cm³/mol. The van der Waals surface area contributed by atoms with Crippen molar-refractivity contribution in [1.29, 1.82) is 0 Å². The van der Waals surface area contributed by atoms with Crippen molar-refractivity contribution >= 4 is 11.5 Å². The van der Waals surface area contributed by atoms with Gasteiger partial charge in [-0.2, -0.15) is 0 Å². The Morgan fingerprint density at radius 3 is 2.26 bits per heavy atom. The van der Waals surface area contributed by atoms with Crippen LogP contribution >= 0.6 is 0 Å². The molecule has 2 aromatic rings. The van der Waals surface area contributed by atoms with Gasteiger partial charge in [0.15, 0.2) is 0 Å². The number of nitrogens with two attached hydrogens (primary N) is 1. The lowest BCUT2D eigenvalue weighted by molar-refractivity contribution is 0.0848. The molecule has 2 aromatic carbocycles. The summed E-state index contributed by atoms with van der Waals surface area (Å²) in [5.74, 6) is 0.583. The normalized spacial score (nSPS) is 24.2. The first kappa shape index (κ1) is 19.2. The number of amidine groups is 1. The number of piperidine rings is 1. The summed E-state index contributed by atoms with van der Waals surface area (Å²) in [6, 6.07) is 22.0. The fraction of sp³-hybridized carbons (Fsp3) is 0.348.